The summed E-state index contributed by atoms with van der Waals surface area (Å²) in [5.74, 6) is 1.39. The van der Waals surface area contributed by atoms with E-state index in [1.165, 1.54) is 0 Å². The molecule has 1 saturated heterocycles. The van der Waals surface area contributed by atoms with Crippen molar-refractivity contribution in [2.24, 2.45) is 0 Å². The van der Waals surface area contributed by atoms with E-state index in [0.29, 0.717) is 25.8 Å². The van der Waals surface area contributed by atoms with Crippen molar-refractivity contribution in [1.82, 2.24) is 10.6 Å². The normalized spacial score (nSPS) is 23.0. The van der Waals surface area contributed by atoms with E-state index in [1.54, 1.807) is 0 Å². The van der Waals surface area contributed by atoms with Crippen molar-refractivity contribution in [2.75, 3.05) is 0 Å². The fraction of sp³-hybridized carbons (Fsp3) is 0.600. The van der Waals surface area contributed by atoms with E-state index in [2.05, 4.69) is 10.6 Å². The SMILES string of the molecule is CC[C@@]1(C(=O)NCc2ccc(C)o2)CCCCC(=O)N1. The summed E-state index contributed by atoms with van der Waals surface area (Å²) in [6, 6.07) is 3.71. The monoisotopic (exact) mass is 278 g/mol. The summed E-state index contributed by atoms with van der Waals surface area (Å²) in [4.78, 5) is 24.2. The van der Waals surface area contributed by atoms with Crippen molar-refractivity contribution >= 4 is 11.8 Å². The third-order valence-electron chi connectivity index (χ3n) is 3.89. The zero-order chi connectivity index (χ0) is 14.6. The summed E-state index contributed by atoms with van der Waals surface area (Å²) >= 11 is 0. The van der Waals surface area contributed by atoms with E-state index in [-0.39, 0.29) is 11.8 Å². The highest BCUT2D eigenvalue weighted by molar-refractivity contribution is 5.91. The molecule has 0 aliphatic carbocycles. The first kappa shape index (κ1) is 14.6. The largest absolute Gasteiger partial charge is 0.465 e. The van der Waals surface area contributed by atoms with Crippen LogP contribution in [-0.4, -0.2) is 17.4 Å². The molecule has 0 spiro atoms. The Kier molecular flexibility index (Phi) is 4.47. The standard InChI is InChI=1S/C15H22N2O3/c1-3-15(9-5-4-6-13(18)17-15)14(19)16-10-12-8-7-11(2)20-12/h7-8H,3-6,9-10H2,1-2H3,(H,16,19)(H,17,18)/t15-/m0/s1. The lowest BCUT2D eigenvalue weighted by molar-refractivity contribution is -0.133. The molecule has 0 bridgehead atoms. The van der Waals surface area contributed by atoms with Crippen LogP contribution in [0.5, 0.6) is 0 Å². The molecule has 2 N–H and O–H groups in total. The van der Waals surface area contributed by atoms with Crippen LogP contribution in [0, 0.1) is 6.92 Å². The molecular weight excluding hydrogens is 256 g/mol. The molecule has 0 saturated carbocycles. The summed E-state index contributed by atoms with van der Waals surface area (Å²) < 4.78 is 5.43. The summed E-state index contributed by atoms with van der Waals surface area (Å²) in [6.45, 7) is 4.15. The van der Waals surface area contributed by atoms with Gasteiger partial charge in [0.25, 0.3) is 0 Å². The lowest BCUT2D eigenvalue weighted by Crippen LogP contribution is -2.57. The molecule has 5 heteroatoms. The van der Waals surface area contributed by atoms with Gasteiger partial charge in [0.2, 0.25) is 11.8 Å². The maximum atomic E-state index is 12.5. The minimum atomic E-state index is -0.769. The minimum Gasteiger partial charge on any atom is -0.465 e. The van der Waals surface area contributed by atoms with Gasteiger partial charge in [0.05, 0.1) is 6.54 Å². The smallest absolute Gasteiger partial charge is 0.246 e. The predicted molar refractivity (Wildman–Crippen MR) is 74.9 cm³/mol. The average Bonchev–Trinajstić information content (AvgIpc) is 2.74. The molecular formula is C15H22N2O3. The van der Waals surface area contributed by atoms with Crippen LogP contribution < -0.4 is 10.6 Å². The summed E-state index contributed by atoms with van der Waals surface area (Å²) in [5, 5.41) is 5.78. The van der Waals surface area contributed by atoms with Gasteiger partial charge in [-0.1, -0.05) is 13.3 Å². The molecule has 2 heterocycles. The van der Waals surface area contributed by atoms with Gasteiger partial charge in [-0.25, -0.2) is 0 Å². The molecule has 0 unspecified atom stereocenters. The number of furan rings is 1. The van der Waals surface area contributed by atoms with E-state index in [4.69, 9.17) is 4.42 Å². The third-order valence-corrected chi connectivity index (χ3v) is 3.89. The van der Waals surface area contributed by atoms with Crippen LogP contribution in [0.15, 0.2) is 16.5 Å². The van der Waals surface area contributed by atoms with E-state index in [0.717, 1.165) is 24.4 Å². The molecule has 1 aromatic rings. The Labute approximate surface area is 119 Å². The molecule has 1 fully saturated rings. The summed E-state index contributed by atoms with van der Waals surface area (Å²) in [6.07, 6.45) is 3.53. The molecule has 110 valence electrons. The second kappa shape index (κ2) is 6.11. The van der Waals surface area contributed by atoms with Crippen LogP contribution in [0.2, 0.25) is 0 Å². The zero-order valence-corrected chi connectivity index (χ0v) is 12.1. The van der Waals surface area contributed by atoms with Gasteiger partial charge in [0.1, 0.15) is 17.1 Å². The van der Waals surface area contributed by atoms with E-state index in [1.807, 2.05) is 26.0 Å². The second-order valence-electron chi connectivity index (χ2n) is 5.39. The Morgan fingerprint density at radius 2 is 2.25 bits per heavy atom. The Balaban J connectivity index is 2.02. The Morgan fingerprint density at radius 1 is 1.45 bits per heavy atom. The van der Waals surface area contributed by atoms with Gasteiger partial charge in [0.15, 0.2) is 0 Å². The van der Waals surface area contributed by atoms with Crippen LogP contribution in [0.25, 0.3) is 0 Å². The topological polar surface area (TPSA) is 71.3 Å². The van der Waals surface area contributed by atoms with Gasteiger partial charge < -0.3 is 15.1 Å². The predicted octanol–water partition coefficient (Wildman–Crippen LogP) is 2.04. The molecule has 0 radical (unpaired) electrons. The van der Waals surface area contributed by atoms with Gasteiger partial charge in [-0.3, -0.25) is 9.59 Å². The first-order chi connectivity index (χ1) is 9.55. The number of nitrogens with one attached hydrogen (secondary N) is 2. The number of amides is 2. The Hall–Kier alpha value is -1.78. The molecule has 1 aromatic heterocycles. The van der Waals surface area contributed by atoms with Crippen LogP contribution in [-0.2, 0) is 16.1 Å². The van der Waals surface area contributed by atoms with Crippen molar-refractivity contribution in [1.29, 1.82) is 0 Å². The fourth-order valence-electron chi connectivity index (χ4n) is 2.62. The quantitative estimate of drug-likeness (QED) is 0.885. The number of hydrogen-bond acceptors (Lipinski definition) is 3. The van der Waals surface area contributed by atoms with Crippen molar-refractivity contribution in [3.63, 3.8) is 0 Å². The third kappa shape index (κ3) is 3.21. The van der Waals surface area contributed by atoms with Crippen LogP contribution in [0.3, 0.4) is 0 Å². The van der Waals surface area contributed by atoms with Gasteiger partial charge in [-0.05, 0) is 38.3 Å². The highest BCUT2D eigenvalue weighted by atomic mass is 16.3. The number of aryl methyl sites for hydroxylation is 1. The molecule has 5 nitrogen and oxygen atoms in total. The van der Waals surface area contributed by atoms with E-state index in [9.17, 15) is 9.59 Å². The highest BCUT2D eigenvalue weighted by Crippen LogP contribution is 2.23. The van der Waals surface area contributed by atoms with Crippen LogP contribution in [0.4, 0.5) is 0 Å². The minimum absolute atomic E-state index is 0.0339. The molecule has 2 amide bonds. The zero-order valence-electron chi connectivity index (χ0n) is 12.1. The van der Waals surface area contributed by atoms with E-state index >= 15 is 0 Å². The summed E-state index contributed by atoms with van der Waals surface area (Å²) in [5.41, 5.74) is -0.769. The maximum Gasteiger partial charge on any atom is 0.246 e. The van der Waals surface area contributed by atoms with Crippen molar-refractivity contribution in [3.8, 4) is 0 Å². The first-order valence-corrected chi connectivity index (χ1v) is 7.20. The number of carbonyl (C=O) groups is 2. The van der Waals surface area contributed by atoms with Gasteiger partial charge in [0, 0.05) is 6.42 Å². The fourth-order valence-corrected chi connectivity index (χ4v) is 2.62. The van der Waals surface area contributed by atoms with Crippen LogP contribution in [0.1, 0.15) is 50.5 Å². The first-order valence-electron chi connectivity index (χ1n) is 7.20. The van der Waals surface area contributed by atoms with Gasteiger partial charge in [-0.15, -0.1) is 0 Å². The molecule has 20 heavy (non-hydrogen) atoms. The lowest BCUT2D eigenvalue weighted by Gasteiger charge is -2.30. The Bertz CT molecular complexity index is 495. The van der Waals surface area contributed by atoms with Crippen molar-refractivity contribution in [3.05, 3.63) is 23.7 Å². The average molecular weight is 278 g/mol. The number of carbonyl (C=O) groups excluding carboxylic acids is 2. The molecule has 2 rings (SSSR count). The maximum absolute atomic E-state index is 12.5. The molecule has 1 aliphatic rings. The number of rotatable bonds is 4. The second-order valence-corrected chi connectivity index (χ2v) is 5.39. The van der Waals surface area contributed by atoms with E-state index < -0.39 is 5.54 Å². The van der Waals surface area contributed by atoms with Crippen molar-refractivity contribution < 1.29 is 14.0 Å². The van der Waals surface area contributed by atoms with Gasteiger partial charge in [-0.2, -0.15) is 0 Å². The number of hydrogen-bond donors (Lipinski definition) is 2. The Morgan fingerprint density at radius 3 is 2.90 bits per heavy atom. The molecule has 1 aliphatic heterocycles. The molecule has 1 atom stereocenters. The lowest BCUT2D eigenvalue weighted by atomic mass is 9.89. The highest BCUT2D eigenvalue weighted by Gasteiger charge is 2.38. The summed E-state index contributed by atoms with van der Waals surface area (Å²) in [7, 11) is 0. The van der Waals surface area contributed by atoms with Crippen molar-refractivity contribution in [2.45, 2.75) is 58.0 Å². The van der Waals surface area contributed by atoms with Crippen LogP contribution >= 0.6 is 0 Å². The molecule has 0 aromatic carbocycles. The van der Waals surface area contributed by atoms with Gasteiger partial charge >= 0.3 is 0 Å².